The van der Waals surface area contributed by atoms with Gasteiger partial charge in [-0.05, 0) is 58.9 Å². The fourth-order valence-electron chi connectivity index (χ4n) is 3.59. The van der Waals surface area contributed by atoms with Gasteiger partial charge in [-0.25, -0.2) is 9.59 Å². The Labute approximate surface area is 174 Å². The van der Waals surface area contributed by atoms with Crippen molar-refractivity contribution in [3.05, 3.63) is 48.0 Å². The topological polar surface area (TPSA) is 67.9 Å². The van der Waals surface area contributed by atoms with Crippen molar-refractivity contribution in [2.75, 3.05) is 13.1 Å². The van der Waals surface area contributed by atoms with Crippen molar-refractivity contribution in [1.29, 1.82) is 0 Å². The molecule has 1 heterocycles. The summed E-state index contributed by atoms with van der Waals surface area (Å²) in [6.07, 6.45) is 4.78. The number of rotatable bonds is 5. The Bertz CT molecular complexity index is 703. The number of nitrogens with zero attached hydrogens (tertiary/aromatic N) is 1. The molecule has 6 heteroatoms. The summed E-state index contributed by atoms with van der Waals surface area (Å²) in [4.78, 5) is 26.5. The number of ether oxygens (including phenoxy) is 2. The third-order valence-corrected chi connectivity index (χ3v) is 5.09. The second-order valence-corrected chi connectivity index (χ2v) is 8.71. The number of alkyl carbamates (subject to hydrolysis) is 1. The van der Waals surface area contributed by atoms with E-state index in [1.54, 1.807) is 4.90 Å². The van der Waals surface area contributed by atoms with Crippen molar-refractivity contribution in [3.63, 3.8) is 0 Å². The number of allylic oxidation sites excluding steroid dienone is 1. The molecule has 1 aromatic rings. The maximum Gasteiger partial charge on any atom is 0.410 e. The molecule has 1 atom stereocenters. The van der Waals surface area contributed by atoms with Gasteiger partial charge in [0.25, 0.3) is 0 Å². The zero-order chi connectivity index (χ0) is 21.5. The normalized spacial score (nSPS) is 17.6. The summed E-state index contributed by atoms with van der Waals surface area (Å²) in [7, 11) is 0. The number of likely N-dealkylation sites (tertiary alicyclic amines) is 1. The smallest absolute Gasteiger partial charge is 0.410 e. The molecule has 1 N–H and O–H groups in total. The number of hydrogen-bond acceptors (Lipinski definition) is 4. The average Bonchev–Trinajstić information content (AvgIpc) is 2.66. The van der Waals surface area contributed by atoms with Crippen LogP contribution in [0.2, 0.25) is 0 Å². The van der Waals surface area contributed by atoms with Crippen LogP contribution in [0.15, 0.2) is 42.5 Å². The van der Waals surface area contributed by atoms with E-state index in [1.165, 1.54) is 0 Å². The Morgan fingerprint density at radius 1 is 1.14 bits per heavy atom. The Morgan fingerprint density at radius 2 is 1.76 bits per heavy atom. The van der Waals surface area contributed by atoms with Crippen molar-refractivity contribution in [2.24, 2.45) is 5.92 Å². The minimum atomic E-state index is -0.539. The minimum Gasteiger partial charge on any atom is -0.445 e. The number of nitrogens with one attached hydrogen (secondary N) is 1. The Balaban J connectivity index is 1.92. The summed E-state index contributed by atoms with van der Waals surface area (Å²) in [6, 6.07) is 9.60. The first-order valence-corrected chi connectivity index (χ1v) is 10.2. The lowest BCUT2D eigenvalue weighted by Crippen LogP contribution is -2.54. The van der Waals surface area contributed by atoms with Gasteiger partial charge in [0, 0.05) is 13.1 Å². The van der Waals surface area contributed by atoms with Crippen LogP contribution < -0.4 is 5.32 Å². The van der Waals surface area contributed by atoms with Gasteiger partial charge in [0.15, 0.2) is 0 Å². The largest absolute Gasteiger partial charge is 0.445 e. The highest BCUT2D eigenvalue weighted by Gasteiger charge is 2.37. The molecule has 0 saturated carbocycles. The molecule has 0 aromatic heterocycles. The number of benzene rings is 1. The van der Waals surface area contributed by atoms with Gasteiger partial charge in [0.1, 0.15) is 12.2 Å². The highest BCUT2D eigenvalue weighted by molar-refractivity contribution is 5.69. The van der Waals surface area contributed by atoms with Crippen molar-refractivity contribution in [1.82, 2.24) is 10.2 Å². The highest BCUT2D eigenvalue weighted by atomic mass is 16.6. The van der Waals surface area contributed by atoms with E-state index in [1.807, 2.05) is 77.1 Å². The lowest BCUT2D eigenvalue weighted by atomic mass is 9.78. The fraction of sp³-hybridized carbons (Fsp3) is 0.565. The zero-order valence-electron chi connectivity index (χ0n) is 18.2. The predicted octanol–water partition coefficient (Wildman–Crippen LogP) is 4.89. The van der Waals surface area contributed by atoms with Gasteiger partial charge in [0.2, 0.25) is 0 Å². The number of amides is 2. The second-order valence-electron chi connectivity index (χ2n) is 8.71. The molecule has 2 amide bonds. The SMILES string of the molecule is C/C=C/[C@](C)(NC(=O)OCc1ccccc1)C1CCN(C(=O)OC(C)(C)C)CC1. The van der Waals surface area contributed by atoms with Gasteiger partial charge in [-0.1, -0.05) is 42.5 Å². The fourth-order valence-corrected chi connectivity index (χ4v) is 3.59. The highest BCUT2D eigenvalue weighted by Crippen LogP contribution is 2.30. The lowest BCUT2D eigenvalue weighted by Gasteiger charge is -2.41. The van der Waals surface area contributed by atoms with E-state index < -0.39 is 17.2 Å². The standard InChI is InChI=1S/C23H34N2O4/c1-6-14-23(5,24-20(26)28-17-18-10-8-7-9-11-18)19-12-15-25(16-13-19)21(27)29-22(2,3)4/h6-11,14,19H,12-13,15-17H2,1-5H3,(H,24,26)/b14-6+/t23-/m0/s1. The third kappa shape index (κ3) is 7.11. The molecular formula is C23H34N2O4. The molecule has 160 valence electrons. The number of piperidine rings is 1. The maximum atomic E-state index is 12.4. The summed E-state index contributed by atoms with van der Waals surface area (Å²) >= 11 is 0. The van der Waals surface area contributed by atoms with E-state index in [0.29, 0.717) is 13.1 Å². The number of hydrogen-bond donors (Lipinski definition) is 1. The van der Waals surface area contributed by atoms with Crippen LogP contribution >= 0.6 is 0 Å². The van der Waals surface area contributed by atoms with E-state index in [2.05, 4.69) is 5.32 Å². The second kappa shape index (κ2) is 9.81. The Morgan fingerprint density at radius 3 is 2.31 bits per heavy atom. The maximum absolute atomic E-state index is 12.4. The predicted molar refractivity (Wildman–Crippen MR) is 114 cm³/mol. The molecular weight excluding hydrogens is 368 g/mol. The molecule has 29 heavy (non-hydrogen) atoms. The molecule has 1 fully saturated rings. The van der Waals surface area contributed by atoms with Crippen molar-refractivity contribution in [2.45, 2.75) is 65.2 Å². The molecule has 0 bridgehead atoms. The van der Waals surface area contributed by atoms with E-state index in [-0.39, 0.29) is 18.6 Å². The van der Waals surface area contributed by atoms with E-state index in [9.17, 15) is 9.59 Å². The summed E-state index contributed by atoms with van der Waals surface area (Å²) in [6.45, 7) is 11.0. The molecule has 6 nitrogen and oxygen atoms in total. The van der Waals surface area contributed by atoms with Crippen LogP contribution in [0.5, 0.6) is 0 Å². The summed E-state index contributed by atoms with van der Waals surface area (Å²) in [5.74, 6) is 0.196. The van der Waals surface area contributed by atoms with E-state index >= 15 is 0 Å². The van der Waals surface area contributed by atoms with Crippen LogP contribution in [0.25, 0.3) is 0 Å². The van der Waals surface area contributed by atoms with E-state index in [4.69, 9.17) is 9.47 Å². The zero-order valence-corrected chi connectivity index (χ0v) is 18.2. The Kier molecular flexibility index (Phi) is 7.71. The van der Waals surface area contributed by atoms with Gasteiger partial charge < -0.3 is 19.7 Å². The lowest BCUT2D eigenvalue weighted by molar-refractivity contribution is 0.0151. The van der Waals surface area contributed by atoms with Gasteiger partial charge in [0.05, 0.1) is 5.54 Å². The summed E-state index contributed by atoms with van der Waals surface area (Å²) < 4.78 is 10.9. The number of carbonyl (C=O) groups excluding carboxylic acids is 2. The molecule has 0 spiro atoms. The van der Waals surface area contributed by atoms with Crippen LogP contribution in [0.1, 0.15) is 53.0 Å². The molecule has 1 saturated heterocycles. The van der Waals surface area contributed by atoms with Crippen LogP contribution in [0, 0.1) is 5.92 Å². The molecule has 0 radical (unpaired) electrons. The van der Waals surface area contributed by atoms with Gasteiger partial charge in [-0.3, -0.25) is 0 Å². The Hall–Kier alpha value is -2.50. The minimum absolute atomic E-state index is 0.196. The number of carbonyl (C=O) groups is 2. The average molecular weight is 403 g/mol. The monoisotopic (exact) mass is 402 g/mol. The summed E-state index contributed by atoms with van der Waals surface area (Å²) in [5.41, 5.74) is -0.0962. The summed E-state index contributed by atoms with van der Waals surface area (Å²) in [5, 5.41) is 3.03. The first-order valence-electron chi connectivity index (χ1n) is 10.2. The first kappa shape index (κ1) is 22.8. The van der Waals surface area contributed by atoms with Gasteiger partial charge in [-0.2, -0.15) is 0 Å². The molecule has 1 aliphatic heterocycles. The quantitative estimate of drug-likeness (QED) is 0.712. The van der Waals surface area contributed by atoms with Gasteiger partial charge >= 0.3 is 12.2 Å². The van der Waals surface area contributed by atoms with Gasteiger partial charge in [-0.15, -0.1) is 0 Å². The molecule has 1 aromatic carbocycles. The van der Waals surface area contributed by atoms with Crippen LogP contribution in [-0.4, -0.2) is 41.3 Å². The molecule has 1 aliphatic rings. The van der Waals surface area contributed by atoms with Crippen LogP contribution in [0.4, 0.5) is 9.59 Å². The third-order valence-electron chi connectivity index (χ3n) is 5.09. The van der Waals surface area contributed by atoms with E-state index in [0.717, 1.165) is 18.4 Å². The van der Waals surface area contributed by atoms with Crippen LogP contribution in [-0.2, 0) is 16.1 Å². The molecule has 2 rings (SSSR count). The molecule has 0 unspecified atom stereocenters. The van der Waals surface area contributed by atoms with Crippen molar-refractivity contribution >= 4 is 12.2 Å². The molecule has 0 aliphatic carbocycles. The van der Waals surface area contributed by atoms with Crippen LogP contribution in [0.3, 0.4) is 0 Å². The van der Waals surface area contributed by atoms with Crippen molar-refractivity contribution < 1.29 is 19.1 Å². The van der Waals surface area contributed by atoms with Crippen molar-refractivity contribution in [3.8, 4) is 0 Å². The first-order chi connectivity index (χ1) is 13.6.